The molecule has 9 nitrogen and oxygen atoms in total. The van der Waals surface area contributed by atoms with E-state index in [0.717, 1.165) is 5.69 Å². The number of nitrogens with zero attached hydrogens (tertiary/aromatic N) is 1. The second-order valence-electron chi connectivity index (χ2n) is 5.46. The fourth-order valence-corrected chi connectivity index (χ4v) is 2.47. The number of carbonyl (C=O) groups excluding carboxylic acids is 3. The Kier molecular flexibility index (Phi) is 7.37. The number of nitrogens with one attached hydrogen (secondary N) is 1. The van der Waals surface area contributed by atoms with Crippen molar-refractivity contribution in [3.8, 4) is 0 Å². The van der Waals surface area contributed by atoms with Gasteiger partial charge in [0.05, 0.1) is 49.3 Å². The SMILES string of the molecule is CCOC(=O)c1ccc(N2CCOCC2)c(NC(=O)COCC(=O)[O-])c1. The summed E-state index contributed by atoms with van der Waals surface area (Å²) in [6.45, 7) is 3.22. The number of ether oxygens (including phenoxy) is 3. The maximum atomic E-state index is 12.0. The van der Waals surface area contributed by atoms with Gasteiger partial charge in [-0.1, -0.05) is 0 Å². The molecule has 2 rings (SSSR count). The molecule has 0 bridgehead atoms. The molecular weight excluding hydrogens is 344 g/mol. The van der Waals surface area contributed by atoms with E-state index >= 15 is 0 Å². The van der Waals surface area contributed by atoms with Crippen molar-refractivity contribution in [2.45, 2.75) is 6.92 Å². The number of carbonyl (C=O) groups is 3. The molecule has 1 fully saturated rings. The molecule has 26 heavy (non-hydrogen) atoms. The molecule has 1 aliphatic rings. The molecular formula is C17H21N2O7-. The number of hydrogen-bond donors (Lipinski definition) is 1. The van der Waals surface area contributed by atoms with E-state index in [1.165, 1.54) is 6.07 Å². The molecule has 0 aliphatic carbocycles. The van der Waals surface area contributed by atoms with Crippen LogP contribution < -0.4 is 15.3 Å². The Morgan fingerprint density at radius 3 is 2.62 bits per heavy atom. The number of morpholine rings is 1. The van der Waals surface area contributed by atoms with Crippen LogP contribution in [0.4, 0.5) is 11.4 Å². The first-order valence-electron chi connectivity index (χ1n) is 8.22. The number of esters is 1. The maximum Gasteiger partial charge on any atom is 0.338 e. The van der Waals surface area contributed by atoms with Crippen molar-refractivity contribution in [2.24, 2.45) is 0 Å². The number of carboxylic acid groups (broad SMARTS) is 1. The predicted octanol–water partition coefficient (Wildman–Crippen LogP) is -0.595. The number of hydrogen-bond acceptors (Lipinski definition) is 8. The molecule has 1 amide bonds. The Morgan fingerprint density at radius 1 is 1.23 bits per heavy atom. The van der Waals surface area contributed by atoms with Gasteiger partial charge in [0, 0.05) is 13.1 Å². The Balaban J connectivity index is 2.17. The van der Waals surface area contributed by atoms with Gasteiger partial charge >= 0.3 is 5.97 Å². The Hall–Kier alpha value is -2.65. The third kappa shape index (κ3) is 5.71. The number of carboxylic acids is 1. The van der Waals surface area contributed by atoms with Gasteiger partial charge in [-0.3, -0.25) is 4.79 Å². The summed E-state index contributed by atoms with van der Waals surface area (Å²) in [5.74, 6) is -2.44. The van der Waals surface area contributed by atoms with Crippen molar-refractivity contribution in [1.82, 2.24) is 0 Å². The van der Waals surface area contributed by atoms with E-state index in [0.29, 0.717) is 37.6 Å². The zero-order valence-corrected chi connectivity index (χ0v) is 14.5. The molecule has 1 aromatic rings. The van der Waals surface area contributed by atoms with Crippen LogP contribution in [0.2, 0.25) is 0 Å². The van der Waals surface area contributed by atoms with Crippen LogP contribution in [0.3, 0.4) is 0 Å². The first kappa shape index (κ1) is 19.7. The number of amides is 1. The van der Waals surface area contributed by atoms with Crippen molar-refractivity contribution in [1.29, 1.82) is 0 Å². The zero-order chi connectivity index (χ0) is 18.9. The molecule has 1 aliphatic heterocycles. The highest BCUT2D eigenvalue weighted by molar-refractivity contribution is 5.98. The van der Waals surface area contributed by atoms with Gasteiger partial charge in [0.1, 0.15) is 6.61 Å². The number of rotatable bonds is 8. The van der Waals surface area contributed by atoms with Crippen molar-refractivity contribution >= 4 is 29.2 Å². The molecule has 0 aromatic heterocycles. The fourth-order valence-electron chi connectivity index (χ4n) is 2.47. The lowest BCUT2D eigenvalue weighted by atomic mass is 10.1. The van der Waals surface area contributed by atoms with Gasteiger partial charge in [-0.2, -0.15) is 0 Å². The monoisotopic (exact) mass is 365 g/mol. The zero-order valence-electron chi connectivity index (χ0n) is 14.5. The standard InChI is InChI=1S/C17H22N2O7/c1-2-26-17(23)12-3-4-14(19-5-7-24-8-6-19)13(9-12)18-15(20)10-25-11-16(21)22/h3-4,9H,2,5-8,10-11H2,1H3,(H,18,20)(H,21,22)/p-1. The minimum Gasteiger partial charge on any atom is -0.548 e. The first-order valence-corrected chi connectivity index (χ1v) is 8.22. The first-order chi connectivity index (χ1) is 12.5. The fraction of sp³-hybridized carbons (Fsp3) is 0.471. The van der Waals surface area contributed by atoms with Gasteiger partial charge in [0.25, 0.3) is 0 Å². The molecule has 142 valence electrons. The highest BCUT2D eigenvalue weighted by Crippen LogP contribution is 2.28. The molecule has 0 saturated carbocycles. The number of aliphatic carboxylic acids is 1. The van der Waals surface area contributed by atoms with Gasteiger partial charge in [-0.05, 0) is 25.1 Å². The highest BCUT2D eigenvalue weighted by atomic mass is 16.5. The lowest BCUT2D eigenvalue weighted by Gasteiger charge is -2.30. The third-order valence-corrected chi connectivity index (χ3v) is 3.59. The summed E-state index contributed by atoms with van der Waals surface area (Å²) in [5.41, 5.74) is 1.45. The number of anilines is 2. The lowest BCUT2D eigenvalue weighted by Crippen LogP contribution is -2.37. The van der Waals surface area contributed by atoms with E-state index in [1.807, 2.05) is 4.90 Å². The van der Waals surface area contributed by atoms with Crippen molar-refractivity contribution in [3.63, 3.8) is 0 Å². The summed E-state index contributed by atoms with van der Waals surface area (Å²) in [6.07, 6.45) is 0. The third-order valence-electron chi connectivity index (χ3n) is 3.59. The molecule has 1 heterocycles. The van der Waals surface area contributed by atoms with E-state index in [2.05, 4.69) is 5.32 Å². The van der Waals surface area contributed by atoms with Gasteiger partial charge in [0.15, 0.2) is 0 Å². The quantitative estimate of drug-likeness (QED) is 0.607. The second kappa shape index (κ2) is 9.73. The average molecular weight is 365 g/mol. The summed E-state index contributed by atoms with van der Waals surface area (Å²) in [7, 11) is 0. The Morgan fingerprint density at radius 2 is 1.96 bits per heavy atom. The van der Waals surface area contributed by atoms with Crippen molar-refractivity contribution < 1.29 is 33.7 Å². The lowest BCUT2D eigenvalue weighted by molar-refractivity contribution is -0.309. The molecule has 0 spiro atoms. The normalized spacial score (nSPS) is 14.0. The number of benzene rings is 1. The van der Waals surface area contributed by atoms with Crippen LogP contribution in [0.15, 0.2) is 18.2 Å². The Labute approximate surface area is 150 Å². The van der Waals surface area contributed by atoms with Crippen molar-refractivity contribution in [3.05, 3.63) is 23.8 Å². The summed E-state index contributed by atoms with van der Waals surface area (Å²) < 4.78 is 15.0. The van der Waals surface area contributed by atoms with E-state index in [1.54, 1.807) is 19.1 Å². The summed E-state index contributed by atoms with van der Waals surface area (Å²) in [4.78, 5) is 36.3. The Bertz CT molecular complexity index is 657. The second-order valence-corrected chi connectivity index (χ2v) is 5.46. The molecule has 0 radical (unpaired) electrons. The summed E-state index contributed by atoms with van der Waals surface area (Å²) >= 11 is 0. The van der Waals surface area contributed by atoms with Crippen LogP contribution in [-0.2, 0) is 23.8 Å². The van der Waals surface area contributed by atoms with E-state index in [9.17, 15) is 19.5 Å². The molecule has 0 unspecified atom stereocenters. The van der Waals surface area contributed by atoms with Gasteiger partial charge < -0.3 is 34.3 Å². The molecule has 0 atom stereocenters. The van der Waals surface area contributed by atoms with E-state index in [4.69, 9.17) is 14.2 Å². The van der Waals surface area contributed by atoms with E-state index in [-0.39, 0.29) is 6.61 Å². The van der Waals surface area contributed by atoms with Crippen LogP contribution in [0, 0.1) is 0 Å². The molecule has 9 heteroatoms. The van der Waals surface area contributed by atoms with Crippen LogP contribution >= 0.6 is 0 Å². The van der Waals surface area contributed by atoms with Crippen LogP contribution in [0.1, 0.15) is 17.3 Å². The van der Waals surface area contributed by atoms with Gasteiger partial charge in [0.2, 0.25) is 5.91 Å². The molecule has 1 aromatic carbocycles. The summed E-state index contributed by atoms with van der Waals surface area (Å²) in [6, 6.07) is 4.89. The average Bonchev–Trinajstić information content (AvgIpc) is 2.62. The largest absolute Gasteiger partial charge is 0.548 e. The van der Waals surface area contributed by atoms with Crippen LogP contribution in [-0.4, -0.2) is 64.0 Å². The van der Waals surface area contributed by atoms with E-state index < -0.39 is 31.1 Å². The highest BCUT2D eigenvalue weighted by Gasteiger charge is 2.18. The predicted molar refractivity (Wildman–Crippen MR) is 89.9 cm³/mol. The van der Waals surface area contributed by atoms with Crippen LogP contribution in [0.5, 0.6) is 0 Å². The van der Waals surface area contributed by atoms with Gasteiger partial charge in [-0.25, -0.2) is 4.79 Å². The minimum atomic E-state index is -1.41. The topological polar surface area (TPSA) is 117 Å². The molecule has 1 N–H and O–H groups in total. The maximum absolute atomic E-state index is 12.0. The molecule has 1 saturated heterocycles. The minimum absolute atomic E-state index is 0.239. The van der Waals surface area contributed by atoms with Gasteiger partial charge in [-0.15, -0.1) is 0 Å². The van der Waals surface area contributed by atoms with Crippen molar-refractivity contribution in [2.75, 3.05) is 56.3 Å². The smallest absolute Gasteiger partial charge is 0.338 e. The summed E-state index contributed by atoms with van der Waals surface area (Å²) in [5, 5.41) is 13.0. The van der Waals surface area contributed by atoms with Crippen LogP contribution in [0.25, 0.3) is 0 Å².